The van der Waals surface area contributed by atoms with E-state index in [-0.39, 0.29) is 0 Å². The van der Waals surface area contributed by atoms with Crippen LogP contribution in [0.1, 0.15) is 51.9 Å². The summed E-state index contributed by atoms with van der Waals surface area (Å²) >= 11 is 0. The van der Waals surface area contributed by atoms with E-state index in [0.717, 1.165) is 19.3 Å². The summed E-state index contributed by atoms with van der Waals surface area (Å²) in [6.07, 6.45) is -6.68. The van der Waals surface area contributed by atoms with Gasteiger partial charge in [0.25, 0.3) is 0 Å². The van der Waals surface area contributed by atoms with Gasteiger partial charge in [-0.1, -0.05) is 45.4 Å². The molecular formula is C21H40O11. The van der Waals surface area contributed by atoms with E-state index in [4.69, 9.17) is 18.9 Å². The van der Waals surface area contributed by atoms with Crippen molar-refractivity contribution in [3.8, 4) is 0 Å². The molecule has 2 saturated heterocycles. The number of rotatable bonds is 13. The van der Waals surface area contributed by atoms with E-state index in [2.05, 4.69) is 6.92 Å². The van der Waals surface area contributed by atoms with Crippen LogP contribution in [0.5, 0.6) is 0 Å². The Morgan fingerprint density at radius 3 is 1.81 bits per heavy atom. The fourth-order valence-electron chi connectivity index (χ4n) is 3.95. The standard InChI is InChI=1S/C21H40O11/c1-2-3-4-5-6-7-8-9-29-20-18(28)16(26)19(13(11-23)31-20)32-21-17(27)15(25)14(24)12(10-22)30-21/h12-28H,2-11H2,1H3/t12-,13-,14-,15+,16-,17-,18-,19-,20-,21-/m1/s1. The molecule has 2 fully saturated rings. The van der Waals surface area contributed by atoms with Gasteiger partial charge in [-0.3, -0.25) is 0 Å². The molecule has 10 atom stereocenters. The van der Waals surface area contributed by atoms with Crippen LogP contribution in [0.2, 0.25) is 0 Å². The second-order valence-corrected chi connectivity index (χ2v) is 8.50. The van der Waals surface area contributed by atoms with Crippen molar-refractivity contribution in [1.29, 1.82) is 0 Å². The molecule has 0 amide bonds. The summed E-state index contributed by atoms with van der Waals surface area (Å²) in [5, 5.41) is 69.8. The summed E-state index contributed by atoms with van der Waals surface area (Å²) in [6, 6.07) is 0. The van der Waals surface area contributed by atoms with Gasteiger partial charge >= 0.3 is 0 Å². The lowest BCUT2D eigenvalue weighted by Crippen LogP contribution is -2.64. The second-order valence-electron chi connectivity index (χ2n) is 8.50. The predicted molar refractivity (Wildman–Crippen MR) is 110 cm³/mol. The maximum absolute atomic E-state index is 10.5. The molecule has 0 unspecified atom stereocenters. The fraction of sp³-hybridized carbons (Fsp3) is 1.00. The molecule has 0 bridgehead atoms. The van der Waals surface area contributed by atoms with Crippen molar-refractivity contribution in [2.24, 2.45) is 0 Å². The third-order valence-electron chi connectivity index (χ3n) is 5.99. The Balaban J connectivity index is 1.86. The lowest BCUT2D eigenvalue weighted by atomic mass is 9.97. The molecule has 0 aromatic rings. The smallest absolute Gasteiger partial charge is 0.187 e. The van der Waals surface area contributed by atoms with Gasteiger partial charge in [-0.2, -0.15) is 0 Å². The number of hydrogen-bond donors (Lipinski definition) is 7. The van der Waals surface area contributed by atoms with E-state index >= 15 is 0 Å². The van der Waals surface area contributed by atoms with Gasteiger partial charge in [0, 0.05) is 6.61 Å². The van der Waals surface area contributed by atoms with Crippen LogP contribution in [0.4, 0.5) is 0 Å². The van der Waals surface area contributed by atoms with Crippen molar-refractivity contribution in [3.63, 3.8) is 0 Å². The minimum atomic E-state index is -1.69. The molecule has 0 spiro atoms. The first kappa shape index (κ1) is 27.8. The predicted octanol–water partition coefficient (Wildman–Crippen LogP) is -1.62. The zero-order valence-electron chi connectivity index (χ0n) is 18.6. The van der Waals surface area contributed by atoms with Crippen molar-refractivity contribution in [1.82, 2.24) is 0 Å². The largest absolute Gasteiger partial charge is 0.394 e. The lowest BCUT2D eigenvalue weighted by molar-refractivity contribution is -0.359. The summed E-state index contributed by atoms with van der Waals surface area (Å²) < 4.78 is 21.9. The maximum Gasteiger partial charge on any atom is 0.187 e. The maximum atomic E-state index is 10.5. The summed E-state index contributed by atoms with van der Waals surface area (Å²) in [5.74, 6) is 0. The lowest BCUT2D eigenvalue weighted by Gasteiger charge is -2.45. The molecule has 0 aromatic carbocycles. The number of unbranched alkanes of at least 4 members (excludes halogenated alkanes) is 6. The molecule has 2 aliphatic heterocycles. The molecule has 0 aromatic heterocycles. The van der Waals surface area contributed by atoms with Crippen molar-refractivity contribution >= 4 is 0 Å². The van der Waals surface area contributed by atoms with Crippen LogP contribution in [0.25, 0.3) is 0 Å². The summed E-state index contributed by atoms with van der Waals surface area (Å²) in [4.78, 5) is 0. The number of hydrogen-bond acceptors (Lipinski definition) is 11. The number of ether oxygens (including phenoxy) is 4. The Labute approximate surface area is 188 Å². The SMILES string of the molecule is CCCCCCCCCO[C@@H]1O[C@H](CO)[C@@H](O[C@H]2O[C@H](CO)[C@@H](O)[C@H](O)[C@H]2O)[C@H](O)[C@H]1O. The van der Waals surface area contributed by atoms with Crippen LogP contribution >= 0.6 is 0 Å². The highest BCUT2D eigenvalue weighted by molar-refractivity contribution is 4.94. The van der Waals surface area contributed by atoms with Crippen LogP contribution in [-0.2, 0) is 18.9 Å². The van der Waals surface area contributed by atoms with Crippen molar-refractivity contribution < 1.29 is 54.7 Å². The van der Waals surface area contributed by atoms with E-state index in [0.29, 0.717) is 6.61 Å². The van der Waals surface area contributed by atoms with Crippen LogP contribution in [0.3, 0.4) is 0 Å². The van der Waals surface area contributed by atoms with Gasteiger partial charge in [-0.05, 0) is 6.42 Å². The third-order valence-corrected chi connectivity index (χ3v) is 5.99. The normalized spacial score (nSPS) is 40.5. The van der Waals surface area contributed by atoms with E-state index < -0.39 is 74.6 Å². The minimum absolute atomic E-state index is 0.318. The van der Waals surface area contributed by atoms with E-state index in [1.165, 1.54) is 25.7 Å². The third kappa shape index (κ3) is 7.28. The average Bonchev–Trinajstić information content (AvgIpc) is 2.79. The van der Waals surface area contributed by atoms with Gasteiger partial charge < -0.3 is 54.7 Å². The molecule has 32 heavy (non-hydrogen) atoms. The Kier molecular flexibility index (Phi) is 12.2. The molecule has 0 saturated carbocycles. The Hall–Kier alpha value is -0.440. The molecule has 190 valence electrons. The van der Waals surface area contributed by atoms with E-state index in [9.17, 15) is 35.7 Å². The molecule has 2 rings (SSSR count). The molecule has 11 heteroatoms. The van der Waals surface area contributed by atoms with Gasteiger partial charge in [0.1, 0.15) is 48.8 Å². The first-order valence-electron chi connectivity index (χ1n) is 11.6. The van der Waals surface area contributed by atoms with Crippen molar-refractivity contribution in [3.05, 3.63) is 0 Å². The van der Waals surface area contributed by atoms with E-state index in [1.807, 2.05) is 0 Å². The van der Waals surface area contributed by atoms with E-state index in [1.54, 1.807) is 0 Å². The molecular weight excluding hydrogens is 428 g/mol. The highest BCUT2D eigenvalue weighted by Gasteiger charge is 2.50. The Morgan fingerprint density at radius 1 is 0.625 bits per heavy atom. The summed E-state index contributed by atoms with van der Waals surface area (Å²) in [5.41, 5.74) is 0. The highest BCUT2D eigenvalue weighted by atomic mass is 16.7. The van der Waals surface area contributed by atoms with Gasteiger partial charge in [-0.15, -0.1) is 0 Å². The molecule has 2 heterocycles. The molecule has 0 aliphatic carbocycles. The van der Waals surface area contributed by atoms with Crippen LogP contribution in [0.15, 0.2) is 0 Å². The van der Waals surface area contributed by atoms with Gasteiger partial charge in [-0.25, -0.2) is 0 Å². The zero-order valence-corrected chi connectivity index (χ0v) is 18.6. The van der Waals surface area contributed by atoms with Crippen LogP contribution < -0.4 is 0 Å². The molecule has 2 aliphatic rings. The van der Waals surface area contributed by atoms with Crippen LogP contribution in [0, 0.1) is 0 Å². The number of aliphatic hydroxyl groups is 7. The zero-order chi connectivity index (χ0) is 23.7. The summed E-state index contributed by atoms with van der Waals surface area (Å²) in [6.45, 7) is 1.26. The average molecular weight is 469 g/mol. The van der Waals surface area contributed by atoms with Crippen molar-refractivity contribution in [2.75, 3.05) is 19.8 Å². The quantitative estimate of drug-likeness (QED) is 0.154. The molecule has 0 radical (unpaired) electrons. The van der Waals surface area contributed by atoms with Gasteiger partial charge in [0.05, 0.1) is 13.2 Å². The van der Waals surface area contributed by atoms with Crippen LogP contribution in [-0.4, -0.2) is 117 Å². The first-order chi connectivity index (χ1) is 15.3. The fourth-order valence-corrected chi connectivity index (χ4v) is 3.95. The highest BCUT2D eigenvalue weighted by Crippen LogP contribution is 2.29. The molecule has 11 nitrogen and oxygen atoms in total. The number of aliphatic hydroxyl groups excluding tert-OH is 7. The second kappa shape index (κ2) is 14.1. The Bertz CT molecular complexity index is 506. The monoisotopic (exact) mass is 468 g/mol. The summed E-state index contributed by atoms with van der Waals surface area (Å²) in [7, 11) is 0. The first-order valence-corrected chi connectivity index (χ1v) is 11.6. The van der Waals surface area contributed by atoms with Crippen molar-refractivity contribution in [2.45, 2.75) is 113 Å². The van der Waals surface area contributed by atoms with Gasteiger partial charge in [0.15, 0.2) is 12.6 Å². The molecule has 7 N–H and O–H groups in total. The Morgan fingerprint density at radius 2 is 1.19 bits per heavy atom. The topological polar surface area (TPSA) is 179 Å². The minimum Gasteiger partial charge on any atom is -0.394 e. The van der Waals surface area contributed by atoms with Gasteiger partial charge in [0.2, 0.25) is 0 Å².